The maximum Gasteiger partial charge on any atom is 0.128 e. The van der Waals surface area contributed by atoms with Crippen molar-refractivity contribution >= 4 is 11.4 Å². The van der Waals surface area contributed by atoms with Crippen LogP contribution in [0.1, 0.15) is 5.56 Å². The van der Waals surface area contributed by atoms with Crippen LogP contribution in [0.3, 0.4) is 0 Å². The summed E-state index contributed by atoms with van der Waals surface area (Å²) in [4.78, 5) is 8.60. The first-order valence-electron chi connectivity index (χ1n) is 8.57. The molecule has 0 amide bonds. The van der Waals surface area contributed by atoms with E-state index >= 15 is 0 Å². The van der Waals surface area contributed by atoms with Gasteiger partial charge in [0.05, 0.1) is 5.69 Å². The summed E-state index contributed by atoms with van der Waals surface area (Å²) in [7, 11) is 2.05. The number of likely N-dealkylation sites (N-methyl/N-ethyl adjacent to an activating group) is 1. The molecule has 0 radical (unpaired) electrons. The third kappa shape index (κ3) is 3.30. The van der Waals surface area contributed by atoms with Crippen molar-refractivity contribution in [1.82, 2.24) is 9.88 Å². The molecule has 0 saturated heterocycles. The van der Waals surface area contributed by atoms with Gasteiger partial charge in [-0.2, -0.15) is 0 Å². The Morgan fingerprint density at radius 3 is 2.46 bits per heavy atom. The Balaban J connectivity index is 1.80. The SMILES string of the molecule is CN1CCN(c2cc(F)cc(F)c2)c2ccc(-c3ccccn3)cc2C1. The molecule has 26 heavy (non-hydrogen) atoms. The molecule has 0 aliphatic carbocycles. The van der Waals surface area contributed by atoms with Crippen molar-refractivity contribution in [2.24, 2.45) is 0 Å². The summed E-state index contributed by atoms with van der Waals surface area (Å²) in [6.07, 6.45) is 1.77. The number of benzene rings is 2. The zero-order valence-electron chi connectivity index (χ0n) is 14.5. The van der Waals surface area contributed by atoms with Crippen LogP contribution >= 0.6 is 0 Å². The third-order valence-electron chi connectivity index (χ3n) is 4.64. The number of anilines is 2. The van der Waals surface area contributed by atoms with Crippen molar-refractivity contribution in [2.45, 2.75) is 6.54 Å². The Morgan fingerprint density at radius 1 is 0.923 bits per heavy atom. The highest BCUT2D eigenvalue weighted by atomic mass is 19.1. The normalized spacial score (nSPS) is 14.8. The van der Waals surface area contributed by atoms with Crippen molar-refractivity contribution in [1.29, 1.82) is 0 Å². The highest BCUT2D eigenvalue weighted by Crippen LogP contribution is 2.34. The van der Waals surface area contributed by atoms with Gasteiger partial charge in [-0.3, -0.25) is 4.98 Å². The first kappa shape index (κ1) is 16.7. The Labute approximate surface area is 151 Å². The van der Waals surface area contributed by atoms with Crippen LogP contribution in [-0.4, -0.2) is 30.0 Å². The third-order valence-corrected chi connectivity index (χ3v) is 4.64. The van der Waals surface area contributed by atoms with Crippen LogP contribution in [-0.2, 0) is 6.54 Å². The second-order valence-corrected chi connectivity index (χ2v) is 6.58. The molecule has 3 aromatic rings. The smallest absolute Gasteiger partial charge is 0.128 e. The standard InChI is InChI=1S/C21H19F2N3/c1-25-8-9-26(19-12-17(22)11-18(23)13-19)21-6-5-15(10-16(21)14-25)20-4-2-3-7-24-20/h2-7,10-13H,8-9,14H2,1H3. The van der Waals surface area contributed by atoms with Gasteiger partial charge < -0.3 is 9.80 Å². The van der Waals surface area contributed by atoms with Gasteiger partial charge in [0, 0.05) is 48.8 Å². The molecule has 132 valence electrons. The topological polar surface area (TPSA) is 19.4 Å². The minimum atomic E-state index is -0.566. The van der Waals surface area contributed by atoms with Crippen LogP contribution in [0, 0.1) is 11.6 Å². The number of pyridine rings is 1. The van der Waals surface area contributed by atoms with E-state index in [1.165, 1.54) is 12.1 Å². The van der Waals surface area contributed by atoms with E-state index in [-0.39, 0.29) is 0 Å². The second kappa shape index (κ2) is 6.84. The summed E-state index contributed by atoms with van der Waals surface area (Å²) >= 11 is 0. The first-order chi connectivity index (χ1) is 12.6. The van der Waals surface area contributed by atoms with Crippen molar-refractivity contribution in [2.75, 3.05) is 25.0 Å². The number of fused-ring (bicyclic) bond motifs is 1. The summed E-state index contributed by atoms with van der Waals surface area (Å²) in [5.41, 5.74) is 4.55. The highest BCUT2D eigenvalue weighted by molar-refractivity contribution is 5.72. The Kier molecular flexibility index (Phi) is 4.39. The summed E-state index contributed by atoms with van der Waals surface area (Å²) in [6.45, 7) is 2.23. The Hall–Kier alpha value is -2.79. The molecule has 0 bridgehead atoms. The number of hydrogen-bond acceptors (Lipinski definition) is 3. The van der Waals surface area contributed by atoms with E-state index in [2.05, 4.69) is 16.0 Å². The summed E-state index contributed by atoms with van der Waals surface area (Å²) in [5.74, 6) is -1.13. The van der Waals surface area contributed by atoms with E-state index in [1.807, 2.05) is 42.3 Å². The molecule has 5 heteroatoms. The van der Waals surface area contributed by atoms with Gasteiger partial charge in [0.1, 0.15) is 11.6 Å². The van der Waals surface area contributed by atoms with Crippen LogP contribution in [0.4, 0.5) is 20.2 Å². The van der Waals surface area contributed by atoms with Gasteiger partial charge in [-0.05, 0) is 49.0 Å². The van der Waals surface area contributed by atoms with E-state index in [9.17, 15) is 8.78 Å². The zero-order valence-corrected chi connectivity index (χ0v) is 14.5. The van der Waals surface area contributed by atoms with Gasteiger partial charge in [-0.1, -0.05) is 12.1 Å². The average Bonchev–Trinajstić information content (AvgIpc) is 2.79. The van der Waals surface area contributed by atoms with Crippen molar-refractivity contribution in [3.63, 3.8) is 0 Å². The molecule has 0 saturated carbocycles. The molecule has 1 aliphatic heterocycles. The maximum absolute atomic E-state index is 13.7. The van der Waals surface area contributed by atoms with Gasteiger partial charge >= 0.3 is 0 Å². The number of nitrogens with zero attached hydrogens (tertiary/aromatic N) is 3. The number of hydrogen-bond donors (Lipinski definition) is 0. The fraction of sp³-hybridized carbons (Fsp3) is 0.190. The number of halogens is 2. The molecule has 2 aromatic carbocycles. The molecule has 4 rings (SSSR count). The molecule has 1 aliphatic rings. The van der Waals surface area contributed by atoms with Gasteiger partial charge in [0.25, 0.3) is 0 Å². The van der Waals surface area contributed by atoms with Gasteiger partial charge in [0.15, 0.2) is 0 Å². The summed E-state index contributed by atoms with van der Waals surface area (Å²) < 4.78 is 27.5. The monoisotopic (exact) mass is 351 g/mol. The van der Waals surface area contributed by atoms with E-state index < -0.39 is 11.6 Å². The zero-order chi connectivity index (χ0) is 18.1. The molecule has 2 heterocycles. The lowest BCUT2D eigenvalue weighted by Gasteiger charge is -2.25. The predicted molar refractivity (Wildman–Crippen MR) is 99.4 cm³/mol. The quantitative estimate of drug-likeness (QED) is 0.672. The van der Waals surface area contributed by atoms with Crippen molar-refractivity contribution in [3.05, 3.63) is 78.0 Å². The van der Waals surface area contributed by atoms with E-state index in [0.717, 1.165) is 41.7 Å². The van der Waals surface area contributed by atoms with Gasteiger partial charge in [0.2, 0.25) is 0 Å². The molecule has 0 fully saturated rings. The van der Waals surface area contributed by atoms with Crippen LogP contribution in [0.15, 0.2) is 60.8 Å². The minimum Gasteiger partial charge on any atom is -0.340 e. The molecule has 0 N–H and O–H groups in total. The minimum absolute atomic E-state index is 0.532. The van der Waals surface area contributed by atoms with Crippen LogP contribution < -0.4 is 4.90 Å². The van der Waals surface area contributed by atoms with Crippen LogP contribution in [0.25, 0.3) is 11.3 Å². The molecule has 3 nitrogen and oxygen atoms in total. The second-order valence-electron chi connectivity index (χ2n) is 6.58. The maximum atomic E-state index is 13.7. The van der Waals surface area contributed by atoms with Gasteiger partial charge in [-0.15, -0.1) is 0 Å². The largest absolute Gasteiger partial charge is 0.340 e. The van der Waals surface area contributed by atoms with E-state index in [0.29, 0.717) is 12.2 Å². The average molecular weight is 351 g/mol. The van der Waals surface area contributed by atoms with Crippen LogP contribution in [0.5, 0.6) is 0 Å². The van der Waals surface area contributed by atoms with E-state index in [4.69, 9.17) is 0 Å². The predicted octanol–water partition coefficient (Wildman–Crippen LogP) is 4.61. The Bertz CT molecular complexity index is 908. The molecular formula is C21H19F2N3. The van der Waals surface area contributed by atoms with Crippen LogP contribution in [0.2, 0.25) is 0 Å². The van der Waals surface area contributed by atoms with Crippen molar-refractivity contribution in [3.8, 4) is 11.3 Å². The number of aromatic nitrogens is 1. The van der Waals surface area contributed by atoms with Crippen molar-refractivity contribution < 1.29 is 8.78 Å². The lowest BCUT2D eigenvalue weighted by molar-refractivity contribution is 0.343. The molecule has 0 atom stereocenters. The molecule has 0 spiro atoms. The Morgan fingerprint density at radius 2 is 1.73 bits per heavy atom. The summed E-state index contributed by atoms with van der Waals surface area (Å²) in [5, 5.41) is 0. The lowest BCUT2D eigenvalue weighted by Crippen LogP contribution is -2.26. The fourth-order valence-electron chi connectivity index (χ4n) is 3.39. The van der Waals surface area contributed by atoms with E-state index in [1.54, 1.807) is 6.20 Å². The molecule has 0 unspecified atom stereocenters. The fourth-order valence-corrected chi connectivity index (χ4v) is 3.39. The molecule has 1 aromatic heterocycles. The number of rotatable bonds is 2. The molecular weight excluding hydrogens is 332 g/mol. The first-order valence-corrected chi connectivity index (χ1v) is 8.57. The van der Waals surface area contributed by atoms with Gasteiger partial charge in [-0.25, -0.2) is 8.78 Å². The lowest BCUT2D eigenvalue weighted by atomic mass is 10.0. The summed E-state index contributed by atoms with van der Waals surface area (Å²) in [6, 6.07) is 15.6. The highest BCUT2D eigenvalue weighted by Gasteiger charge is 2.21.